The van der Waals surface area contributed by atoms with Gasteiger partial charge in [0.25, 0.3) is 0 Å². The molecular formula is C94H59FN4S4. The Balaban J connectivity index is 0.000000139. The number of rotatable bonds is 11. The molecule has 0 N–H and O–H groups in total. The molecule has 0 aliphatic carbocycles. The third kappa shape index (κ3) is 10.6. The Morgan fingerprint density at radius 3 is 1.09 bits per heavy atom. The number of benzene rings is 15. The Hall–Kier alpha value is -12.2. The van der Waals surface area contributed by atoms with Crippen LogP contribution in [-0.2, 0) is 0 Å². The average Bonchev–Trinajstić information content (AvgIpc) is 1.63. The minimum Gasteiger partial charge on any atom is -0.311 e. The largest absolute Gasteiger partial charge is 0.311 e. The SMILES string of the molecule is Fc1ccc(-n2c3ccccc3c3cc(-c4ccc(N(c5ccccc5)c5ccc(-c6ccc7c(c6)sc6c8ccccc8sc76)cc5)cc4)ccc32)cc1.c1ccc(N(c2cccc(-c3ccc4c(c3)sc3c5ccccc5sc43)c2)c2ccc3c(c2)c2ccccc2n3-c2ccccc2)cc1. The summed E-state index contributed by atoms with van der Waals surface area (Å²) in [5, 5.41) is 10.2. The van der Waals surface area contributed by atoms with E-state index in [0.29, 0.717) is 0 Å². The highest BCUT2D eigenvalue weighted by Gasteiger charge is 2.22. The summed E-state index contributed by atoms with van der Waals surface area (Å²) in [6.07, 6.45) is 0. The van der Waals surface area contributed by atoms with Crippen molar-refractivity contribution < 1.29 is 4.39 Å². The molecule has 6 heterocycles. The topological polar surface area (TPSA) is 16.3 Å². The van der Waals surface area contributed by atoms with E-state index in [1.54, 1.807) is 0 Å². The fraction of sp³-hybridized carbons (Fsp3) is 0. The second-order valence-corrected chi connectivity index (χ2v) is 30.3. The second kappa shape index (κ2) is 25.1. The molecule has 21 aromatic rings. The lowest BCUT2D eigenvalue weighted by molar-refractivity contribution is 0.627. The van der Waals surface area contributed by atoms with E-state index >= 15 is 0 Å². The minimum atomic E-state index is -0.237. The summed E-state index contributed by atoms with van der Waals surface area (Å²) < 4.78 is 29.4. The van der Waals surface area contributed by atoms with Crippen LogP contribution in [0.4, 0.5) is 38.5 Å². The molecule has 0 aliphatic rings. The van der Waals surface area contributed by atoms with Crippen molar-refractivity contribution in [3.05, 3.63) is 364 Å². The Labute approximate surface area is 609 Å². The Morgan fingerprint density at radius 1 is 0.204 bits per heavy atom. The normalized spacial score (nSPS) is 11.7. The van der Waals surface area contributed by atoms with E-state index < -0.39 is 0 Å². The number of nitrogens with zero attached hydrogens (tertiary/aromatic N) is 4. The van der Waals surface area contributed by atoms with E-state index in [4.69, 9.17) is 0 Å². The van der Waals surface area contributed by atoms with Crippen molar-refractivity contribution in [1.29, 1.82) is 0 Å². The summed E-state index contributed by atoms with van der Waals surface area (Å²) in [5.74, 6) is -0.237. The van der Waals surface area contributed by atoms with Gasteiger partial charge in [-0.1, -0.05) is 194 Å². The molecule has 0 radical (unpaired) electrons. The fourth-order valence-corrected chi connectivity index (χ4v) is 20.6. The average molecular weight is 1390 g/mol. The van der Waals surface area contributed by atoms with E-state index in [2.05, 4.69) is 353 Å². The van der Waals surface area contributed by atoms with Crippen LogP contribution in [0.1, 0.15) is 0 Å². The molecule has 486 valence electrons. The lowest BCUT2D eigenvalue weighted by Gasteiger charge is -2.26. The molecule has 0 atom stereocenters. The van der Waals surface area contributed by atoms with Gasteiger partial charge in [-0.3, -0.25) is 0 Å². The minimum absolute atomic E-state index is 0.237. The van der Waals surface area contributed by atoms with Gasteiger partial charge in [0, 0.05) is 107 Å². The zero-order valence-electron chi connectivity index (χ0n) is 55.4. The highest BCUT2D eigenvalue weighted by atomic mass is 32.1. The molecule has 6 aromatic heterocycles. The summed E-state index contributed by atoms with van der Waals surface area (Å²) in [5.41, 5.74) is 20.5. The molecule has 103 heavy (non-hydrogen) atoms. The van der Waals surface area contributed by atoms with Crippen molar-refractivity contribution in [3.63, 3.8) is 0 Å². The first kappa shape index (κ1) is 60.7. The van der Waals surface area contributed by atoms with Crippen molar-refractivity contribution >= 4 is 182 Å². The van der Waals surface area contributed by atoms with Gasteiger partial charge in [-0.2, -0.15) is 0 Å². The molecule has 0 unspecified atom stereocenters. The second-order valence-electron chi connectivity index (χ2n) is 26.1. The summed E-state index contributed by atoms with van der Waals surface area (Å²) in [6.45, 7) is 0. The molecule has 9 heteroatoms. The molecule has 0 spiro atoms. The van der Waals surface area contributed by atoms with Crippen LogP contribution < -0.4 is 9.80 Å². The first-order valence-electron chi connectivity index (χ1n) is 34.5. The maximum absolute atomic E-state index is 13.8. The lowest BCUT2D eigenvalue weighted by atomic mass is 10.0. The van der Waals surface area contributed by atoms with Crippen molar-refractivity contribution in [2.75, 3.05) is 9.80 Å². The van der Waals surface area contributed by atoms with Crippen LogP contribution in [-0.4, -0.2) is 9.13 Å². The van der Waals surface area contributed by atoms with E-state index in [1.165, 1.54) is 132 Å². The van der Waals surface area contributed by atoms with E-state index in [1.807, 2.05) is 57.5 Å². The zero-order valence-corrected chi connectivity index (χ0v) is 58.6. The maximum Gasteiger partial charge on any atom is 0.123 e. The Morgan fingerprint density at radius 2 is 0.544 bits per heavy atom. The monoisotopic (exact) mass is 1390 g/mol. The van der Waals surface area contributed by atoms with E-state index in [0.717, 1.165) is 62.0 Å². The number of halogens is 1. The number of para-hydroxylation sites is 5. The molecule has 4 nitrogen and oxygen atoms in total. The number of hydrogen-bond acceptors (Lipinski definition) is 6. The van der Waals surface area contributed by atoms with Gasteiger partial charge in [-0.05, 0) is 197 Å². The molecular weight excluding hydrogens is 1330 g/mol. The van der Waals surface area contributed by atoms with E-state index in [-0.39, 0.29) is 5.82 Å². The van der Waals surface area contributed by atoms with Gasteiger partial charge in [0.05, 0.1) is 40.9 Å². The summed E-state index contributed by atoms with van der Waals surface area (Å²) in [4.78, 5) is 4.69. The summed E-state index contributed by atoms with van der Waals surface area (Å²) in [7, 11) is 0. The maximum atomic E-state index is 13.8. The highest BCUT2D eigenvalue weighted by molar-refractivity contribution is 7.37. The van der Waals surface area contributed by atoms with Crippen molar-refractivity contribution in [2.45, 2.75) is 0 Å². The predicted molar refractivity (Wildman–Crippen MR) is 444 cm³/mol. The molecule has 21 rings (SSSR count). The van der Waals surface area contributed by atoms with Crippen LogP contribution in [0.15, 0.2) is 358 Å². The third-order valence-electron chi connectivity index (χ3n) is 20.0. The molecule has 15 aromatic carbocycles. The van der Waals surface area contributed by atoms with Crippen LogP contribution >= 0.6 is 45.3 Å². The predicted octanol–water partition coefficient (Wildman–Crippen LogP) is 28.8. The van der Waals surface area contributed by atoms with Crippen molar-refractivity contribution in [3.8, 4) is 44.8 Å². The first-order valence-corrected chi connectivity index (χ1v) is 37.8. The smallest absolute Gasteiger partial charge is 0.123 e. The van der Waals surface area contributed by atoms with Crippen LogP contribution in [0.3, 0.4) is 0 Å². The van der Waals surface area contributed by atoms with Gasteiger partial charge in [0.2, 0.25) is 0 Å². The lowest BCUT2D eigenvalue weighted by Crippen LogP contribution is -2.09. The van der Waals surface area contributed by atoms with Gasteiger partial charge < -0.3 is 18.9 Å². The first-order chi connectivity index (χ1) is 51.0. The van der Waals surface area contributed by atoms with E-state index in [9.17, 15) is 4.39 Å². The Bertz CT molecular complexity index is 6810. The molecule has 0 saturated heterocycles. The fourth-order valence-electron chi connectivity index (χ4n) is 15.2. The molecule has 0 saturated carbocycles. The molecule has 0 aliphatic heterocycles. The number of aromatic nitrogens is 2. The number of hydrogen-bond donors (Lipinski definition) is 0. The number of fused-ring (bicyclic) bond motifs is 16. The van der Waals surface area contributed by atoms with Crippen molar-refractivity contribution in [1.82, 2.24) is 9.13 Å². The molecule has 0 bridgehead atoms. The van der Waals surface area contributed by atoms with Gasteiger partial charge >= 0.3 is 0 Å². The quantitative estimate of drug-likeness (QED) is 0.128. The molecule has 0 fully saturated rings. The standard InChI is InChI=1S/C50H31FN2S2.C44H28N2S2/c51-36-20-26-40(27-21-36)53-45-12-6-4-10-41(45)44-30-34(19-29-46(44)53)32-14-22-38(23-15-32)52(37-8-2-1-3-9-37)39-24-16-33(17-25-39)35-18-28-43-48(31-35)55-49-42-11-5-7-13-47(42)54-50(43)49;1-3-13-31(14-4-1)45(34-23-25-40-38(28-34)35-18-7-9-20-39(35)46(40)32-15-5-2-6-16-32)33-17-11-12-29(26-33)30-22-24-37-42(27-30)48-43-36-19-8-10-21-41(36)47-44(37)43/h1-31H;1-28H. The number of anilines is 6. The zero-order chi connectivity index (χ0) is 68.1. The van der Waals surface area contributed by atoms with Crippen LogP contribution in [0.2, 0.25) is 0 Å². The van der Waals surface area contributed by atoms with Crippen LogP contribution in [0, 0.1) is 5.82 Å². The van der Waals surface area contributed by atoms with Crippen LogP contribution in [0.25, 0.3) is 148 Å². The number of thiophene rings is 4. The highest BCUT2D eigenvalue weighted by Crippen LogP contribution is 2.49. The van der Waals surface area contributed by atoms with Gasteiger partial charge in [-0.15, -0.1) is 45.3 Å². The van der Waals surface area contributed by atoms with Crippen molar-refractivity contribution in [2.24, 2.45) is 0 Å². The Kier molecular flexibility index (Phi) is 14.8. The summed E-state index contributed by atoms with van der Waals surface area (Å²) in [6, 6.07) is 127. The van der Waals surface area contributed by atoms with Gasteiger partial charge in [0.15, 0.2) is 0 Å². The molecule has 0 amide bonds. The van der Waals surface area contributed by atoms with Gasteiger partial charge in [0.1, 0.15) is 5.82 Å². The van der Waals surface area contributed by atoms with Crippen LogP contribution in [0.5, 0.6) is 0 Å². The summed E-state index contributed by atoms with van der Waals surface area (Å²) >= 11 is 7.61. The van der Waals surface area contributed by atoms with Gasteiger partial charge in [-0.25, -0.2) is 4.39 Å². The third-order valence-corrected chi connectivity index (χ3v) is 25.1.